The standard InChI is InChI=1S/C19H23ClF3NO2/c20-8-16(26)24-18-4-12-9-1-17(7-15(25)19(21,22)23)2-10(12)14(6-18)11(3-17)13(9)5-18/h9-14H,1-8H2,(H,24,26). The van der Waals surface area contributed by atoms with Crippen molar-refractivity contribution in [3.63, 3.8) is 0 Å². The Labute approximate surface area is 155 Å². The van der Waals surface area contributed by atoms with Crippen LogP contribution in [0.15, 0.2) is 0 Å². The molecule has 144 valence electrons. The second-order valence-corrected chi connectivity index (χ2v) is 10.0. The highest BCUT2D eigenvalue weighted by Crippen LogP contribution is 2.75. The van der Waals surface area contributed by atoms with Gasteiger partial charge in [0.15, 0.2) is 0 Å². The highest BCUT2D eigenvalue weighted by Gasteiger charge is 2.71. The van der Waals surface area contributed by atoms with Crippen molar-refractivity contribution in [2.75, 3.05) is 5.88 Å². The summed E-state index contributed by atoms with van der Waals surface area (Å²) in [6.07, 6.45) is 0.0864. The van der Waals surface area contributed by atoms with Gasteiger partial charge in [-0.25, -0.2) is 0 Å². The minimum Gasteiger partial charge on any atom is -0.350 e. The average molecular weight is 390 g/mol. The summed E-state index contributed by atoms with van der Waals surface area (Å²) >= 11 is 5.69. The molecular weight excluding hydrogens is 367 g/mol. The molecular formula is C19H23ClF3NO2. The second kappa shape index (κ2) is 5.18. The van der Waals surface area contributed by atoms with Crippen molar-refractivity contribution in [1.29, 1.82) is 0 Å². The molecule has 26 heavy (non-hydrogen) atoms. The molecule has 1 N–H and O–H groups in total. The maximum Gasteiger partial charge on any atom is 0.449 e. The molecule has 0 radical (unpaired) electrons. The van der Waals surface area contributed by atoms with E-state index in [1.165, 1.54) is 0 Å². The quantitative estimate of drug-likeness (QED) is 0.745. The lowest BCUT2D eigenvalue weighted by molar-refractivity contribution is -0.245. The smallest absolute Gasteiger partial charge is 0.350 e. The molecule has 0 aromatic carbocycles. The van der Waals surface area contributed by atoms with Gasteiger partial charge in [0, 0.05) is 12.0 Å². The number of carbonyl (C=O) groups is 2. The fourth-order valence-corrected chi connectivity index (χ4v) is 8.28. The van der Waals surface area contributed by atoms with Gasteiger partial charge in [-0.3, -0.25) is 9.59 Å². The Kier molecular flexibility index (Phi) is 3.45. The zero-order valence-electron chi connectivity index (χ0n) is 14.4. The first-order valence-corrected chi connectivity index (χ1v) is 10.2. The maximum absolute atomic E-state index is 12.9. The van der Waals surface area contributed by atoms with E-state index in [1.807, 2.05) is 0 Å². The zero-order chi connectivity index (χ0) is 18.5. The molecule has 1 amide bonds. The maximum atomic E-state index is 12.9. The number of hydrogen-bond acceptors (Lipinski definition) is 2. The molecule has 0 heterocycles. The van der Waals surface area contributed by atoms with Gasteiger partial charge in [0.05, 0.1) is 0 Å². The predicted molar refractivity (Wildman–Crippen MR) is 88.3 cm³/mol. The third-order valence-corrected chi connectivity index (χ3v) is 8.81. The number of halogens is 4. The summed E-state index contributed by atoms with van der Waals surface area (Å²) in [7, 11) is 0. The number of carbonyl (C=O) groups excluding carboxylic acids is 2. The first kappa shape index (κ1) is 17.3. The number of alkyl halides is 4. The SMILES string of the molecule is O=C(CCl)NC12CC3C4CC5(CC(=O)C(F)(F)F)CC3C(C1)C(C5)C4C2. The summed E-state index contributed by atoms with van der Waals surface area (Å²) in [6.45, 7) is 0. The van der Waals surface area contributed by atoms with Crippen molar-refractivity contribution in [2.45, 2.75) is 56.7 Å². The molecule has 0 spiro atoms. The lowest BCUT2D eigenvalue weighted by Gasteiger charge is -2.75. The van der Waals surface area contributed by atoms with Crippen LogP contribution in [-0.4, -0.2) is 29.3 Å². The van der Waals surface area contributed by atoms with Gasteiger partial charge in [-0.1, -0.05) is 0 Å². The van der Waals surface area contributed by atoms with Gasteiger partial charge in [0.1, 0.15) is 5.88 Å². The Bertz CT molecular complexity index is 613. The van der Waals surface area contributed by atoms with Crippen molar-refractivity contribution in [3.05, 3.63) is 0 Å². The van der Waals surface area contributed by atoms with Gasteiger partial charge in [-0.05, 0) is 79.4 Å². The minimum absolute atomic E-state index is 0.0271. The van der Waals surface area contributed by atoms with E-state index >= 15 is 0 Å². The van der Waals surface area contributed by atoms with E-state index in [1.54, 1.807) is 0 Å². The van der Waals surface area contributed by atoms with Crippen LogP contribution >= 0.6 is 11.6 Å². The van der Waals surface area contributed by atoms with Crippen LogP contribution in [0, 0.1) is 40.9 Å². The number of hydrogen-bond donors (Lipinski definition) is 1. The highest BCUT2D eigenvalue weighted by atomic mass is 35.5. The second-order valence-electron chi connectivity index (χ2n) is 9.77. The lowest BCUT2D eigenvalue weighted by atomic mass is 9.31. The molecule has 7 heteroatoms. The van der Waals surface area contributed by atoms with Crippen LogP contribution in [-0.2, 0) is 9.59 Å². The molecule has 7 saturated carbocycles. The number of amides is 1. The summed E-state index contributed by atoms with van der Waals surface area (Å²) in [5, 5.41) is 3.19. The first-order valence-electron chi connectivity index (χ1n) is 9.62. The molecule has 0 aromatic heterocycles. The number of nitrogens with one attached hydrogen (secondary N) is 1. The highest BCUT2D eigenvalue weighted by molar-refractivity contribution is 6.27. The molecule has 7 aliphatic rings. The van der Waals surface area contributed by atoms with E-state index in [-0.39, 0.29) is 23.7 Å². The number of Topliss-reactive ketones (excluding diaryl/α,β-unsaturated/α-hetero) is 1. The summed E-state index contributed by atoms with van der Waals surface area (Å²) in [6, 6.07) is 0. The summed E-state index contributed by atoms with van der Waals surface area (Å²) in [5.41, 5.74) is -0.568. The molecule has 0 saturated heterocycles. The minimum atomic E-state index is -4.71. The Morgan fingerprint density at radius 2 is 1.31 bits per heavy atom. The Balaban J connectivity index is 1.41. The Morgan fingerprint density at radius 3 is 1.69 bits per heavy atom. The fraction of sp³-hybridized carbons (Fsp3) is 0.895. The zero-order valence-corrected chi connectivity index (χ0v) is 15.2. The van der Waals surface area contributed by atoms with Gasteiger partial charge in [0.2, 0.25) is 11.7 Å². The van der Waals surface area contributed by atoms with Gasteiger partial charge in [-0.2, -0.15) is 13.2 Å². The molecule has 7 rings (SSSR count). The van der Waals surface area contributed by atoms with E-state index < -0.39 is 17.4 Å². The third kappa shape index (κ3) is 2.26. The molecule has 0 aromatic rings. The molecule has 0 unspecified atom stereocenters. The molecule has 0 atom stereocenters. The summed E-state index contributed by atoms with van der Waals surface area (Å²) < 4.78 is 38.6. The van der Waals surface area contributed by atoms with Crippen LogP contribution < -0.4 is 5.32 Å². The number of rotatable bonds is 4. The van der Waals surface area contributed by atoms with Crippen molar-refractivity contribution >= 4 is 23.3 Å². The van der Waals surface area contributed by atoms with Crippen LogP contribution in [0.25, 0.3) is 0 Å². The van der Waals surface area contributed by atoms with Gasteiger partial charge in [0.25, 0.3) is 0 Å². The van der Waals surface area contributed by atoms with E-state index in [0.717, 1.165) is 38.5 Å². The number of ketones is 1. The van der Waals surface area contributed by atoms with E-state index in [4.69, 9.17) is 11.6 Å². The molecule has 0 aliphatic heterocycles. The fourth-order valence-electron chi connectivity index (χ4n) is 8.21. The van der Waals surface area contributed by atoms with Crippen LogP contribution in [0.1, 0.15) is 44.9 Å². The molecule has 7 aliphatic carbocycles. The first-order chi connectivity index (χ1) is 12.2. The van der Waals surface area contributed by atoms with E-state index in [0.29, 0.717) is 35.5 Å². The van der Waals surface area contributed by atoms with Crippen LogP contribution in [0.5, 0.6) is 0 Å². The lowest BCUT2D eigenvalue weighted by Crippen LogP contribution is -2.72. The van der Waals surface area contributed by atoms with Crippen molar-refractivity contribution < 1.29 is 22.8 Å². The summed E-state index contributed by atoms with van der Waals surface area (Å²) in [5.74, 6) is 1.11. The van der Waals surface area contributed by atoms with Crippen molar-refractivity contribution in [3.8, 4) is 0 Å². The summed E-state index contributed by atoms with van der Waals surface area (Å²) in [4.78, 5) is 23.6. The van der Waals surface area contributed by atoms with Gasteiger partial charge < -0.3 is 5.32 Å². The largest absolute Gasteiger partial charge is 0.449 e. The average Bonchev–Trinajstić information content (AvgIpc) is 2.57. The van der Waals surface area contributed by atoms with E-state index in [9.17, 15) is 22.8 Å². The van der Waals surface area contributed by atoms with Crippen LogP contribution in [0.4, 0.5) is 13.2 Å². The topological polar surface area (TPSA) is 46.2 Å². The van der Waals surface area contributed by atoms with Gasteiger partial charge in [-0.15, -0.1) is 11.6 Å². The van der Waals surface area contributed by atoms with Gasteiger partial charge >= 0.3 is 6.18 Å². The van der Waals surface area contributed by atoms with Crippen LogP contribution in [0.2, 0.25) is 0 Å². The molecule has 3 nitrogen and oxygen atoms in total. The van der Waals surface area contributed by atoms with Crippen molar-refractivity contribution in [1.82, 2.24) is 5.32 Å². The van der Waals surface area contributed by atoms with Crippen LogP contribution in [0.3, 0.4) is 0 Å². The molecule has 7 fully saturated rings. The predicted octanol–water partition coefficient (Wildman–Crippen LogP) is 3.69. The monoisotopic (exact) mass is 389 g/mol. The Hall–Kier alpha value is -0.780. The molecule has 8 bridgehead atoms. The normalized spacial score (nSPS) is 50.3. The Morgan fingerprint density at radius 1 is 0.885 bits per heavy atom. The van der Waals surface area contributed by atoms with E-state index in [2.05, 4.69) is 5.32 Å². The van der Waals surface area contributed by atoms with Crippen molar-refractivity contribution in [2.24, 2.45) is 40.9 Å². The third-order valence-electron chi connectivity index (χ3n) is 8.56.